The molecular formula is C10H11I. The lowest BCUT2D eigenvalue weighted by Crippen LogP contribution is -2.01. The molecule has 0 nitrogen and oxygen atoms in total. The van der Waals surface area contributed by atoms with Gasteiger partial charge in [0.1, 0.15) is 0 Å². The highest BCUT2D eigenvalue weighted by molar-refractivity contribution is 14.1. The van der Waals surface area contributed by atoms with Crippen molar-refractivity contribution in [2.45, 2.75) is 25.7 Å². The molecule has 11 heavy (non-hydrogen) atoms. The third kappa shape index (κ3) is 1.58. The molecule has 0 N–H and O–H groups in total. The van der Waals surface area contributed by atoms with E-state index in [9.17, 15) is 0 Å². The minimum absolute atomic E-state index is 1.30. The molecule has 1 aliphatic carbocycles. The molecule has 1 aromatic rings. The van der Waals surface area contributed by atoms with Crippen molar-refractivity contribution in [3.05, 3.63) is 32.9 Å². The molecule has 0 heterocycles. The molecule has 0 aromatic heterocycles. The van der Waals surface area contributed by atoms with Gasteiger partial charge in [-0.15, -0.1) is 0 Å². The summed E-state index contributed by atoms with van der Waals surface area (Å²) in [6, 6.07) is 6.83. The number of benzene rings is 1. The van der Waals surface area contributed by atoms with Crippen LogP contribution in [-0.4, -0.2) is 0 Å². The first-order chi connectivity index (χ1) is 5.36. The van der Waals surface area contributed by atoms with Crippen molar-refractivity contribution in [2.75, 3.05) is 0 Å². The van der Waals surface area contributed by atoms with E-state index >= 15 is 0 Å². The van der Waals surface area contributed by atoms with E-state index in [0.29, 0.717) is 0 Å². The predicted molar refractivity (Wildman–Crippen MR) is 55.8 cm³/mol. The lowest BCUT2D eigenvalue weighted by molar-refractivity contribution is 0.685. The summed E-state index contributed by atoms with van der Waals surface area (Å²) < 4.78 is 1.38. The SMILES string of the molecule is Ic1ccc2c(c1)CCCC2. The third-order valence-corrected chi connectivity index (χ3v) is 2.98. The van der Waals surface area contributed by atoms with E-state index in [0.717, 1.165) is 0 Å². The third-order valence-electron chi connectivity index (χ3n) is 2.31. The average Bonchev–Trinajstić information content (AvgIpc) is 2.04. The summed E-state index contributed by atoms with van der Waals surface area (Å²) in [6.07, 6.45) is 5.36. The normalized spacial score (nSPS) is 16.1. The molecule has 0 atom stereocenters. The second-order valence-corrected chi connectivity index (χ2v) is 4.37. The van der Waals surface area contributed by atoms with Crippen molar-refractivity contribution in [1.82, 2.24) is 0 Å². The van der Waals surface area contributed by atoms with E-state index < -0.39 is 0 Å². The number of fused-ring (bicyclic) bond motifs is 1. The van der Waals surface area contributed by atoms with Crippen LogP contribution in [0.1, 0.15) is 24.0 Å². The second kappa shape index (κ2) is 3.13. The predicted octanol–water partition coefficient (Wildman–Crippen LogP) is 3.17. The zero-order valence-corrected chi connectivity index (χ0v) is 8.60. The first-order valence-corrected chi connectivity index (χ1v) is 5.21. The quantitative estimate of drug-likeness (QED) is 0.627. The van der Waals surface area contributed by atoms with Crippen molar-refractivity contribution < 1.29 is 0 Å². The number of halogens is 1. The van der Waals surface area contributed by atoms with Gasteiger partial charge in [-0.05, 0) is 71.5 Å². The standard InChI is InChI=1S/C10H11I/c11-10-6-5-8-3-1-2-4-9(8)7-10/h5-7H,1-4H2. The van der Waals surface area contributed by atoms with E-state index in [2.05, 4.69) is 40.8 Å². The van der Waals surface area contributed by atoms with Gasteiger partial charge in [0, 0.05) is 3.57 Å². The van der Waals surface area contributed by atoms with Crippen LogP contribution in [0.3, 0.4) is 0 Å². The molecule has 1 aromatic carbocycles. The Labute approximate surface area is 81.1 Å². The fraction of sp³-hybridized carbons (Fsp3) is 0.400. The van der Waals surface area contributed by atoms with Gasteiger partial charge in [0.05, 0.1) is 0 Å². The lowest BCUT2D eigenvalue weighted by atomic mass is 9.92. The van der Waals surface area contributed by atoms with Crippen LogP contribution in [0.2, 0.25) is 0 Å². The van der Waals surface area contributed by atoms with Gasteiger partial charge < -0.3 is 0 Å². The number of aryl methyl sites for hydroxylation is 2. The van der Waals surface area contributed by atoms with Gasteiger partial charge in [0.15, 0.2) is 0 Å². The van der Waals surface area contributed by atoms with Gasteiger partial charge in [-0.2, -0.15) is 0 Å². The lowest BCUT2D eigenvalue weighted by Gasteiger charge is -2.14. The highest BCUT2D eigenvalue weighted by Crippen LogP contribution is 2.22. The Morgan fingerprint density at radius 1 is 1.00 bits per heavy atom. The fourth-order valence-corrected chi connectivity index (χ4v) is 2.26. The maximum Gasteiger partial charge on any atom is 0.0133 e. The number of rotatable bonds is 0. The first-order valence-electron chi connectivity index (χ1n) is 4.13. The van der Waals surface area contributed by atoms with Crippen LogP contribution < -0.4 is 0 Å². The Balaban J connectivity index is 2.43. The summed E-state index contributed by atoms with van der Waals surface area (Å²) in [5.41, 5.74) is 3.17. The smallest absolute Gasteiger partial charge is 0.0133 e. The maximum absolute atomic E-state index is 2.39. The van der Waals surface area contributed by atoms with Crippen LogP contribution >= 0.6 is 22.6 Å². The van der Waals surface area contributed by atoms with Gasteiger partial charge in [-0.1, -0.05) is 6.07 Å². The van der Waals surface area contributed by atoms with Crippen LogP contribution in [0.5, 0.6) is 0 Å². The van der Waals surface area contributed by atoms with Crippen molar-refractivity contribution in [1.29, 1.82) is 0 Å². The molecule has 2 rings (SSSR count). The molecule has 0 fully saturated rings. The number of hydrogen-bond donors (Lipinski definition) is 0. The van der Waals surface area contributed by atoms with Crippen LogP contribution in [0.25, 0.3) is 0 Å². The highest BCUT2D eigenvalue weighted by Gasteiger charge is 2.07. The number of hydrogen-bond acceptors (Lipinski definition) is 0. The van der Waals surface area contributed by atoms with Crippen LogP contribution in [-0.2, 0) is 12.8 Å². The summed E-state index contributed by atoms with van der Waals surface area (Å²) in [7, 11) is 0. The highest BCUT2D eigenvalue weighted by atomic mass is 127. The average molecular weight is 258 g/mol. The second-order valence-electron chi connectivity index (χ2n) is 3.12. The molecule has 58 valence electrons. The molecule has 0 saturated carbocycles. The topological polar surface area (TPSA) is 0 Å². The molecule has 0 saturated heterocycles. The van der Waals surface area contributed by atoms with Crippen molar-refractivity contribution in [3.8, 4) is 0 Å². The van der Waals surface area contributed by atoms with Gasteiger partial charge in [0.25, 0.3) is 0 Å². The summed E-state index contributed by atoms with van der Waals surface area (Å²) in [6.45, 7) is 0. The molecule has 1 heteroatoms. The molecule has 0 amide bonds. The van der Waals surface area contributed by atoms with Crippen LogP contribution in [0, 0.1) is 3.57 Å². The van der Waals surface area contributed by atoms with Crippen molar-refractivity contribution in [2.24, 2.45) is 0 Å². The molecule has 0 unspecified atom stereocenters. The van der Waals surface area contributed by atoms with E-state index in [4.69, 9.17) is 0 Å². The molecule has 0 aliphatic heterocycles. The van der Waals surface area contributed by atoms with Gasteiger partial charge >= 0.3 is 0 Å². The Morgan fingerprint density at radius 3 is 2.55 bits per heavy atom. The summed E-state index contributed by atoms with van der Waals surface area (Å²) in [5.74, 6) is 0. The van der Waals surface area contributed by atoms with Gasteiger partial charge in [-0.25, -0.2) is 0 Å². The largest absolute Gasteiger partial charge is 0.0577 e. The van der Waals surface area contributed by atoms with Gasteiger partial charge in [0.2, 0.25) is 0 Å². The molecule has 1 aliphatic rings. The minimum Gasteiger partial charge on any atom is -0.0577 e. The summed E-state index contributed by atoms with van der Waals surface area (Å²) >= 11 is 2.39. The van der Waals surface area contributed by atoms with Crippen LogP contribution in [0.15, 0.2) is 18.2 Å². The van der Waals surface area contributed by atoms with E-state index in [-0.39, 0.29) is 0 Å². The zero-order chi connectivity index (χ0) is 7.68. The fourth-order valence-electron chi connectivity index (χ4n) is 1.70. The van der Waals surface area contributed by atoms with Crippen molar-refractivity contribution in [3.63, 3.8) is 0 Å². The molecule has 0 bridgehead atoms. The van der Waals surface area contributed by atoms with E-state index in [1.165, 1.54) is 29.3 Å². The van der Waals surface area contributed by atoms with Gasteiger partial charge in [-0.3, -0.25) is 0 Å². The van der Waals surface area contributed by atoms with E-state index in [1.807, 2.05) is 0 Å². The maximum atomic E-state index is 2.39. The monoisotopic (exact) mass is 258 g/mol. The zero-order valence-electron chi connectivity index (χ0n) is 6.44. The Hall–Kier alpha value is -0.0500. The first kappa shape index (κ1) is 7.59. The molecule has 0 radical (unpaired) electrons. The summed E-state index contributed by atoms with van der Waals surface area (Å²) in [4.78, 5) is 0. The summed E-state index contributed by atoms with van der Waals surface area (Å²) in [5, 5.41) is 0. The molecule has 0 spiro atoms. The molecular weight excluding hydrogens is 247 g/mol. The Bertz CT molecular complexity index is 266. The van der Waals surface area contributed by atoms with Crippen LogP contribution in [0.4, 0.5) is 0 Å². The van der Waals surface area contributed by atoms with Crippen molar-refractivity contribution >= 4 is 22.6 Å². The minimum atomic E-state index is 1.30. The Morgan fingerprint density at radius 2 is 1.73 bits per heavy atom. The Kier molecular flexibility index (Phi) is 2.16. The van der Waals surface area contributed by atoms with E-state index in [1.54, 1.807) is 11.1 Å².